The number of benzene rings is 2. The van der Waals surface area contributed by atoms with Crippen LogP contribution in [0.25, 0.3) is 10.2 Å². The molecule has 1 aromatic heterocycles. The van der Waals surface area contributed by atoms with E-state index in [1.807, 2.05) is 20.8 Å². The summed E-state index contributed by atoms with van der Waals surface area (Å²) < 4.78 is 57.7. The zero-order valence-electron chi connectivity index (χ0n) is 19.3. The molecule has 0 saturated carbocycles. The largest absolute Gasteiger partial charge is 0.314 e. The number of rotatable bonds is 5. The first-order valence-electron chi connectivity index (χ1n) is 11.3. The van der Waals surface area contributed by atoms with Crippen LogP contribution in [0.3, 0.4) is 0 Å². The summed E-state index contributed by atoms with van der Waals surface area (Å²) in [6.07, 6.45) is 1.66. The number of carbonyl (C=O) groups is 1. The van der Waals surface area contributed by atoms with Crippen molar-refractivity contribution in [3.8, 4) is 0 Å². The number of sulfonamides is 1. The summed E-state index contributed by atoms with van der Waals surface area (Å²) in [5, 5.41) is 0. The number of carbonyl (C=O) groups excluding carboxylic acids is 1. The minimum absolute atomic E-state index is 0.130. The molecule has 0 bridgehead atoms. The number of aryl methyl sites for hydroxylation is 1. The summed E-state index contributed by atoms with van der Waals surface area (Å²) in [6.45, 7) is 7.36. The predicted octanol–water partition coefficient (Wildman–Crippen LogP) is 4.80. The van der Waals surface area contributed by atoms with E-state index in [2.05, 4.69) is 4.99 Å². The SMILES string of the molecule is CCCn1c(=NC(=O)c2ccc(S(=O)(=O)N3CC(C)CC(C)C3)cc2)sc2cc(F)cc(F)c21. The van der Waals surface area contributed by atoms with E-state index in [4.69, 9.17) is 0 Å². The number of nitrogens with zero attached hydrogens (tertiary/aromatic N) is 3. The van der Waals surface area contributed by atoms with Gasteiger partial charge in [-0.2, -0.15) is 9.30 Å². The Kier molecular flexibility index (Phi) is 7.02. The van der Waals surface area contributed by atoms with E-state index < -0.39 is 27.6 Å². The maximum Gasteiger partial charge on any atom is 0.279 e. The predicted molar refractivity (Wildman–Crippen MR) is 128 cm³/mol. The standard InChI is InChI=1S/C24H27F2N3O3S2/c1-4-9-29-22-20(26)11-18(25)12-21(22)33-24(29)27-23(30)17-5-7-19(8-6-17)34(31,32)28-13-15(2)10-16(3)14-28/h5-8,11-12,15-16H,4,9-10,13-14H2,1-3H3. The lowest BCUT2D eigenvalue weighted by atomic mass is 9.94. The van der Waals surface area contributed by atoms with E-state index in [9.17, 15) is 22.0 Å². The summed E-state index contributed by atoms with van der Waals surface area (Å²) in [6, 6.07) is 7.75. The monoisotopic (exact) mass is 507 g/mol. The fourth-order valence-electron chi connectivity index (χ4n) is 4.52. The Hall–Kier alpha value is -2.43. The minimum atomic E-state index is -3.66. The van der Waals surface area contributed by atoms with Gasteiger partial charge >= 0.3 is 0 Å². The van der Waals surface area contributed by atoms with Gasteiger partial charge in [-0.1, -0.05) is 32.1 Å². The molecule has 0 aliphatic carbocycles. The van der Waals surface area contributed by atoms with Crippen molar-refractivity contribution in [2.45, 2.75) is 45.1 Å². The number of hydrogen-bond donors (Lipinski definition) is 0. The van der Waals surface area contributed by atoms with Gasteiger partial charge in [0.15, 0.2) is 10.6 Å². The lowest BCUT2D eigenvalue weighted by Crippen LogP contribution is -2.42. The van der Waals surface area contributed by atoms with Crippen molar-refractivity contribution in [2.24, 2.45) is 16.8 Å². The molecule has 182 valence electrons. The van der Waals surface area contributed by atoms with Crippen LogP contribution in [0.5, 0.6) is 0 Å². The highest BCUT2D eigenvalue weighted by Gasteiger charge is 2.31. The Labute approximate surface area is 201 Å². The van der Waals surface area contributed by atoms with Gasteiger partial charge in [-0.15, -0.1) is 0 Å². The Bertz CT molecular complexity index is 1390. The molecule has 1 amide bonds. The smallest absolute Gasteiger partial charge is 0.279 e. The van der Waals surface area contributed by atoms with Gasteiger partial charge in [-0.3, -0.25) is 4.79 Å². The highest BCUT2D eigenvalue weighted by Crippen LogP contribution is 2.27. The molecule has 6 nitrogen and oxygen atoms in total. The first-order valence-corrected chi connectivity index (χ1v) is 13.5. The van der Waals surface area contributed by atoms with E-state index in [-0.39, 0.29) is 32.6 Å². The molecule has 0 spiro atoms. The van der Waals surface area contributed by atoms with Crippen LogP contribution in [0.2, 0.25) is 0 Å². The third-order valence-electron chi connectivity index (χ3n) is 5.91. The van der Waals surface area contributed by atoms with Gasteiger partial charge in [-0.25, -0.2) is 17.2 Å². The number of aromatic nitrogens is 1. The molecule has 1 aliphatic rings. The Morgan fingerprint density at radius 2 is 1.76 bits per heavy atom. The van der Waals surface area contributed by atoms with Crippen LogP contribution < -0.4 is 4.80 Å². The van der Waals surface area contributed by atoms with Crippen LogP contribution in [-0.4, -0.2) is 36.3 Å². The second-order valence-electron chi connectivity index (χ2n) is 8.98. The average Bonchev–Trinajstić information content (AvgIpc) is 3.10. The lowest BCUT2D eigenvalue weighted by molar-refractivity contribution is 0.0997. The second-order valence-corrected chi connectivity index (χ2v) is 11.9. The number of thiazole rings is 1. The van der Waals surface area contributed by atoms with Crippen molar-refractivity contribution in [1.29, 1.82) is 0 Å². The lowest BCUT2D eigenvalue weighted by Gasteiger charge is -2.34. The van der Waals surface area contributed by atoms with Crippen molar-refractivity contribution >= 4 is 37.5 Å². The summed E-state index contributed by atoms with van der Waals surface area (Å²) in [7, 11) is -3.66. The molecule has 1 aliphatic heterocycles. The molecule has 4 rings (SSSR count). The average molecular weight is 508 g/mol. The summed E-state index contributed by atoms with van der Waals surface area (Å²) in [4.78, 5) is 17.4. The maximum absolute atomic E-state index is 14.4. The fourth-order valence-corrected chi connectivity index (χ4v) is 7.29. The first kappa shape index (κ1) is 24.7. The Morgan fingerprint density at radius 3 is 2.38 bits per heavy atom. The van der Waals surface area contributed by atoms with Gasteiger partial charge in [0.05, 0.1) is 15.1 Å². The molecule has 0 N–H and O–H groups in total. The van der Waals surface area contributed by atoms with Crippen molar-refractivity contribution < 1.29 is 22.0 Å². The van der Waals surface area contributed by atoms with Crippen molar-refractivity contribution in [3.05, 3.63) is 58.4 Å². The van der Waals surface area contributed by atoms with E-state index >= 15 is 0 Å². The normalized spacial score (nSPS) is 20.2. The number of hydrogen-bond acceptors (Lipinski definition) is 4. The number of amides is 1. The maximum atomic E-state index is 14.4. The molecule has 2 heterocycles. The molecule has 0 radical (unpaired) electrons. The molecule has 34 heavy (non-hydrogen) atoms. The van der Waals surface area contributed by atoms with Crippen molar-refractivity contribution in [3.63, 3.8) is 0 Å². The molecular formula is C24H27F2N3O3S2. The van der Waals surface area contributed by atoms with Crippen LogP contribution >= 0.6 is 11.3 Å². The van der Waals surface area contributed by atoms with Crippen LogP contribution in [0.1, 0.15) is 44.0 Å². The molecular weight excluding hydrogens is 480 g/mol. The quantitative estimate of drug-likeness (QED) is 0.498. The van der Waals surface area contributed by atoms with Crippen molar-refractivity contribution in [1.82, 2.24) is 8.87 Å². The summed E-state index contributed by atoms with van der Waals surface area (Å²) >= 11 is 1.03. The zero-order chi connectivity index (χ0) is 24.6. The number of piperidine rings is 1. The molecule has 2 atom stereocenters. The van der Waals surface area contributed by atoms with Crippen LogP contribution in [0.4, 0.5) is 8.78 Å². The molecule has 1 saturated heterocycles. The first-order chi connectivity index (χ1) is 16.1. The van der Waals surface area contributed by atoms with Crippen molar-refractivity contribution in [2.75, 3.05) is 13.1 Å². The molecule has 2 aromatic carbocycles. The van der Waals surface area contributed by atoms with Crippen LogP contribution in [0.15, 0.2) is 46.3 Å². The van der Waals surface area contributed by atoms with Crippen LogP contribution in [0, 0.1) is 23.5 Å². The molecule has 1 fully saturated rings. The topological polar surface area (TPSA) is 71.7 Å². The molecule has 3 aromatic rings. The van der Waals surface area contributed by atoms with Gasteiger partial charge < -0.3 is 4.57 Å². The highest BCUT2D eigenvalue weighted by molar-refractivity contribution is 7.89. The van der Waals surface area contributed by atoms with E-state index in [1.54, 1.807) is 4.57 Å². The third kappa shape index (κ3) is 4.85. The highest BCUT2D eigenvalue weighted by atomic mass is 32.2. The van der Waals surface area contributed by atoms with E-state index in [0.717, 1.165) is 23.8 Å². The van der Waals surface area contributed by atoms with E-state index in [1.165, 1.54) is 34.6 Å². The molecule has 2 unspecified atom stereocenters. The van der Waals surface area contributed by atoms with Gasteiger partial charge in [0, 0.05) is 31.3 Å². The summed E-state index contributed by atoms with van der Waals surface area (Å²) in [5.74, 6) is -1.41. The van der Waals surface area contributed by atoms with Crippen LogP contribution in [-0.2, 0) is 16.6 Å². The van der Waals surface area contributed by atoms with E-state index in [0.29, 0.717) is 30.8 Å². The summed E-state index contributed by atoms with van der Waals surface area (Å²) in [5.41, 5.74) is 0.428. The molecule has 10 heteroatoms. The Balaban J connectivity index is 1.65. The second kappa shape index (κ2) is 9.67. The third-order valence-corrected chi connectivity index (χ3v) is 8.79. The zero-order valence-corrected chi connectivity index (χ0v) is 20.9. The van der Waals surface area contributed by atoms with Gasteiger partial charge in [0.25, 0.3) is 5.91 Å². The van der Waals surface area contributed by atoms with Gasteiger partial charge in [0.1, 0.15) is 5.82 Å². The minimum Gasteiger partial charge on any atom is -0.314 e. The van der Waals surface area contributed by atoms with Gasteiger partial charge in [0.2, 0.25) is 10.0 Å². The Morgan fingerprint density at radius 1 is 1.12 bits per heavy atom. The van der Waals surface area contributed by atoms with Gasteiger partial charge in [-0.05, 0) is 55.0 Å². The number of fused-ring (bicyclic) bond motifs is 1. The fraction of sp³-hybridized carbons (Fsp3) is 0.417. The number of halogens is 2.